The molecule has 0 N–H and O–H groups in total. The first-order valence-electron chi connectivity index (χ1n) is 13.4. The minimum absolute atomic E-state index is 0.218. The van der Waals surface area contributed by atoms with Gasteiger partial charge in [0.2, 0.25) is 0 Å². The van der Waals surface area contributed by atoms with Crippen molar-refractivity contribution in [2.45, 2.75) is 135 Å². The molecule has 34 heavy (non-hydrogen) atoms. The van der Waals surface area contributed by atoms with Crippen LogP contribution >= 0.6 is 0 Å². The summed E-state index contributed by atoms with van der Waals surface area (Å²) in [6.07, 6.45) is 1.16. The van der Waals surface area contributed by atoms with Gasteiger partial charge in [-0.3, -0.25) is 4.90 Å². The second-order valence-corrected chi connectivity index (χ2v) is 11.9. The van der Waals surface area contributed by atoms with Crippen molar-refractivity contribution in [1.29, 1.82) is 0 Å². The van der Waals surface area contributed by atoms with E-state index in [4.69, 9.17) is 0 Å². The highest BCUT2D eigenvalue weighted by Crippen LogP contribution is 2.44. The van der Waals surface area contributed by atoms with Gasteiger partial charge in [0.05, 0.1) is 0 Å². The zero-order valence-electron chi connectivity index (χ0n) is 25.4. The van der Waals surface area contributed by atoms with Crippen molar-refractivity contribution in [3.63, 3.8) is 0 Å². The maximum Gasteiger partial charge on any atom is 0.0334 e. The summed E-state index contributed by atoms with van der Waals surface area (Å²) in [6, 6.07) is 1.09. The number of benzene rings is 2. The quantitative estimate of drug-likeness (QED) is 0.395. The highest BCUT2D eigenvalue weighted by molar-refractivity contribution is 5.52. The van der Waals surface area contributed by atoms with Crippen LogP contribution in [0.25, 0.3) is 0 Å². The van der Waals surface area contributed by atoms with Crippen molar-refractivity contribution in [2.24, 2.45) is 5.41 Å². The van der Waals surface area contributed by atoms with Crippen LogP contribution in [-0.2, 0) is 0 Å². The first kappa shape index (κ1) is 28.6. The molecule has 2 rings (SSSR count). The summed E-state index contributed by atoms with van der Waals surface area (Å²) in [5.74, 6) is 0. The van der Waals surface area contributed by atoms with Crippen molar-refractivity contribution >= 4 is 0 Å². The van der Waals surface area contributed by atoms with Crippen molar-refractivity contribution in [1.82, 2.24) is 4.90 Å². The fourth-order valence-electron chi connectivity index (χ4n) is 6.31. The van der Waals surface area contributed by atoms with Gasteiger partial charge in [0, 0.05) is 18.1 Å². The molecular weight excluding hydrogens is 410 g/mol. The molecule has 0 aliphatic rings. The molecule has 190 valence electrons. The fraction of sp³-hybridized carbons (Fsp3) is 0.636. The lowest BCUT2D eigenvalue weighted by molar-refractivity contribution is 0.0283. The molecule has 3 atom stereocenters. The fourth-order valence-corrected chi connectivity index (χ4v) is 6.31. The smallest absolute Gasteiger partial charge is 0.0334 e. The summed E-state index contributed by atoms with van der Waals surface area (Å²) in [4.78, 5) is 2.84. The molecule has 1 heteroatoms. The highest BCUT2D eigenvalue weighted by atomic mass is 15.2. The Morgan fingerprint density at radius 2 is 0.735 bits per heavy atom. The molecule has 0 spiro atoms. The van der Waals surface area contributed by atoms with E-state index in [1.807, 2.05) is 0 Å². The first-order chi connectivity index (χ1) is 15.5. The zero-order valence-corrected chi connectivity index (χ0v) is 25.4. The van der Waals surface area contributed by atoms with Gasteiger partial charge in [-0.2, -0.15) is 0 Å². The third kappa shape index (κ3) is 4.62. The molecule has 0 heterocycles. The molecule has 1 nitrogen and oxygen atoms in total. The lowest BCUT2D eigenvalue weighted by Crippen LogP contribution is -2.46. The van der Waals surface area contributed by atoms with Crippen LogP contribution in [0.5, 0.6) is 0 Å². The summed E-state index contributed by atoms with van der Waals surface area (Å²) in [6.45, 7) is 37.8. The van der Waals surface area contributed by atoms with Gasteiger partial charge in [-0.25, -0.2) is 0 Å². The number of hydrogen-bond acceptors (Lipinski definition) is 1. The van der Waals surface area contributed by atoms with Crippen LogP contribution in [0.15, 0.2) is 0 Å². The molecule has 0 aliphatic heterocycles. The van der Waals surface area contributed by atoms with Gasteiger partial charge >= 0.3 is 0 Å². The summed E-state index contributed by atoms with van der Waals surface area (Å²) >= 11 is 0. The Morgan fingerprint density at radius 1 is 0.500 bits per heavy atom. The van der Waals surface area contributed by atoms with Crippen molar-refractivity contribution in [3.8, 4) is 0 Å². The Morgan fingerprint density at radius 3 is 0.971 bits per heavy atom. The van der Waals surface area contributed by atoms with Gasteiger partial charge < -0.3 is 0 Å². The lowest BCUT2D eigenvalue weighted by Gasteiger charge is -2.48. The topological polar surface area (TPSA) is 3.24 Å². The van der Waals surface area contributed by atoms with E-state index in [1.54, 1.807) is 0 Å². The Balaban J connectivity index is 2.86. The predicted molar refractivity (Wildman–Crippen MR) is 152 cm³/mol. The standard InChI is InChI=1S/C33H53N/c1-17-33(15,16)30(14)34(28(12)31-24(8)20(4)18(2)21(5)25(31)9)29(13)32-26(10)22(6)19(3)23(7)27(32)11/h28-30H,17H2,1-16H3. The number of rotatable bonds is 7. The molecule has 0 aliphatic carbocycles. The molecule has 0 radical (unpaired) electrons. The molecule has 0 aromatic heterocycles. The van der Waals surface area contributed by atoms with Gasteiger partial charge in [0.25, 0.3) is 0 Å². The maximum absolute atomic E-state index is 2.84. The highest BCUT2D eigenvalue weighted by Gasteiger charge is 2.38. The molecular formula is C33H53N. The molecule has 2 aromatic rings. The van der Waals surface area contributed by atoms with Crippen LogP contribution in [0.2, 0.25) is 0 Å². The predicted octanol–water partition coefficient (Wildman–Crippen LogP) is 9.72. The van der Waals surface area contributed by atoms with E-state index >= 15 is 0 Å². The van der Waals surface area contributed by atoms with E-state index in [9.17, 15) is 0 Å². The van der Waals surface area contributed by atoms with E-state index in [-0.39, 0.29) is 5.41 Å². The Labute approximate surface area is 212 Å². The zero-order chi connectivity index (χ0) is 26.4. The van der Waals surface area contributed by atoms with E-state index < -0.39 is 0 Å². The van der Waals surface area contributed by atoms with Crippen molar-refractivity contribution in [3.05, 3.63) is 66.8 Å². The minimum Gasteiger partial charge on any atom is -0.287 e. The van der Waals surface area contributed by atoms with Crippen LogP contribution in [0, 0.1) is 74.7 Å². The molecule has 0 saturated heterocycles. The Hall–Kier alpha value is -1.60. The maximum atomic E-state index is 2.84. The van der Waals surface area contributed by atoms with Gasteiger partial charge in [0.15, 0.2) is 0 Å². The van der Waals surface area contributed by atoms with Gasteiger partial charge in [0.1, 0.15) is 0 Å². The molecule has 2 aromatic carbocycles. The van der Waals surface area contributed by atoms with Gasteiger partial charge in [-0.1, -0.05) is 20.8 Å². The average Bonchev–Trinajstić information content (AvgIpc) is 2.79. The van der Waals surface area contributed by atoms with Crippen molar-refractivity contribution < 1.29 is 0 Å². The first-order valence-corrected chi connectivity index (χ1v) is 13.4. The number of nitrogens with zero attached hydrogens (tertiary/aromatic N) is 1. The monoisotopic (exact) mass is 463 g/mol. The summed E-state index contributed by atoms with van der Waals surface area (Å²) in [5, 5.41) is 0. The lowest BCUT2D eigenvalue weighted by atomic mass is 9.77. The summed E-state index contributed by atoms with van der Waals surface area (Å²) in [7, 11) is 0. The second kappa shape index (κ2) is 10.2. The average molecular weight is 464 g/mol. The second-order valence-electron chi connectivity index (χ2n) is 11.9. The molecule has 3 unspecified atom stereocenters. The molecule has 0 saturated carbocycles. The molecule has 0 fully saturated rings. The molecule has 0 amide bonds. The van der Waals surface area contributed by atoms with E-state index in [0.29, 0.717) is 18.1 Å². The van der Waals surface area contributed by atoms with Crippen LogP contribution in [0.1, 0.15) is 127 Å². The summed E-state index contributed by atoms with van der Waals surface area (Å²) < 4.78 is 0. The minimum atomic E-state index is 0.218. The number of hydrogen-bond donors (Lipinski definition) is 0. The SMILES string of the molecule is CCC(C)(C)C(C)N(C(C)c1c(C)c(C)c(C)c(C)c1C)C(C)c1c(C)c(C)c(C)c(C)c1C. The van der Waals surface area contributed by atoms with Gasteiger partial charge in [-0.05, 0) is 169 Å². The van der Waals surface area contributed by atoms with Crippen LogP contribution in [0.3, 0.4) is 0 Å². The van der Waals surface area contributed by atoms with Crippen LogP contribution in [0.4, 0.5) is 0 Å². The van der Waals surface area contributed by atoms with Crippen LogP contribution < -0.4 is 0 Å². The van der Waals surface area contributed by atoms with E-state index in [2.05, 4.69) is 116 Å². The molecule has 0 bridgehead atoms. The third-order valence-corrected chi connectivity index (χ3v) is 10.3. The largest absolute Gasteiger partial charge is 0.287 e. The van der Waals surface area contributed by atoms with Crippen LogP contribution in [-0.4, -0.2) is 10.9 Å². The van der Waals surface area contributed by atoms with Gasteiger partial charge in [-0.15, -0.1) is 0 Å². The Kier molecular flexibility index (Phi) is 8.57. The van der Waals surface area contributed by atoms with E-state index in [1.165, 1.54) is 66.8 Å². The Bertz CT molecular complexity index is 935. The normalized spacial score (nSPS) is 15.1. The van der Waals surface area contributed by atoms with E-state index in [0.717, 1.165) is 6.42 Å². The summed E-state index contributed by atoms with van der Waals surface area (Å²) in [5.41, 5.74) is 17.9. The third-order valence-electron chi connectivity index (χ3n) is 10.3. The van der Waals surface area contributed by atoms with Crippen molar-refractivity contribution in [2.75, 3.05) is 0 Å².